The molecule has 3 fully saturated rings. The minimum atomic E-state index is -1.13. The zero-order valence-electron chi connectivity index (χ0n) is 20.2. The van der Waals surface area contributed by atoms with Gasteiger partial charge in [-0.2, -0.15) is 0 Å². The molecular weight excluding hydrogens is 456 g/mol. The Morgan fingerprint density at radius 3 is 2.40 bits per heavy atom. The lowest BCUT2D eigenvalue weighted by molar-refractivity contribution is -0.239. The van der Waals surface area contributed by atoms with Crippen molar-refractivity contribution in [3.05, 3.63) is 47.5 Å². The molecule has 0 aromatic heterocycles. The zero-order valence-corrected chi connectivity index (χ0v) is 20.2. The second-order valence-electron chi connectivity index (χ2n) is 10.2. The maximum Gasteiger partial charge on any atom is 0.338 e. The molecule has 5 rings (SSSR count). The Kier molecular flexibility index (Phi) is 5.58. The van der Waals surface area contributed by atoms with Gasteiger partial charge in [0, 0.05) is 20.3 Å². The molecule has 9 heteroatoms. The average molecular weight is 487 g/mol. The van der Waals surface area contributed by atoms with Crippen molar-refractivity contribution in [2.24, 2.45) is 10.8 Å². The van der Waals surface area contributed by atoms with E-state index in [4.69, 9.17) is 23.7 Å². The maximum absolute atomic E-state index is 12.9. The van der Waals surface area contributed by atoms with Crippen LogP contribution in [0.25, 0.3) is 0 Å². The number of aliphatic hydroxyl groups is 1. The van der Waals surface area contributed by atoms with Crippen LogP contribution in [-0.4, -0.2) is 72.3 Å². The molecule has 1 aromatic carbocycles. The van der Waals surface area contributed by atoms with Gasteiger partial charge < -0.3 is 28.8 Å². The Balaban J connectivity index is 1.58. The van der Waals surface area contributed by atoms with E-state index in [0.717, 1.165) is 5.57 Å². The number of hydrogen-bond donors (Lipinski definition) is 1. The zero-order chi connectivity index (χ0) is 25.2. The molecular formula is C26H30O9. The number of ether oxygens (including phenoxy) is 5. The van der Waals surface area contributed by atoms with Crippen LogP contribution >= 0.6 is 0 Å². The van der Waals surface area contributed by atoms with Gasteiger partial charge in [0.05, 0.1) is 29.1 Å². The third kappa shape index (κ3) is 3.36. The van der Waals surface area contributed by atoms with Crippen molar-refractivity contribution in [2.45, 2.75) is 70.2 Å². The minimum absolute atomic E-state index is 0.0883. The first-order chi connectivity index (χ1) is 16.6. The van der Waals surface area contributed by atoms with E-state index in [9.17, 15) is 19.5 Å². The Hall–Kier alpha value is -2.75. The second kappa shape index (κ2) is 8.15. The summed E-state index contributed by atoms with van der Waals surface area (Å²) in [4.78, 5) is 37.0. The normalized spacial score (nSPS) is 40.9. The Bertz CT molecular complexity index is 1080. The molecule has 1 spiro atoms. The molecule has 188 valence electrons. The molecule has 0 unspecified atom stereocenters. The molecule has 1 aromatic rings. The monoisotopic (exact) mass is 486 g/mol. The molecule has 2 heterocycles. The van der Waals surface area contributed by atoms with Crippen molar-refractivity contribution >= 4 is 17.9 Å². The summed E-state index contributed by atoms with van der Waals surface area (Å²) in [7, 11) is 0. The highest BCUT2D eigenvalue weighted by atomic mass is 16.7. The molecule has 0 radical (unpaired) electrons. The van der Waals surface area contributed by atoms with Gasteiger partial charge in [0.25, 0.3) is 0 Å². The van der Waals surface area contributed by atoms with Gasteiger partial charge in [-0.3, -0.25) is 9.59 Å². The van der Waals surface area contributed by atoms with Crippen LogP contribution in [0, 0.1) is 10.8 Å². The molecule has 0 amide bonds. The Morgan fingerprint density at radius 1 is 1.11 bits per heavy atom. The first-order valence-corrected chi connectivity index (χ1v) is 11.8. The average Bonchev–Trinajstić information content (AvgIpc) is 3.60. The molecule has 2 aliphatic carbocycles. The van der Waals surface area contributed by atoms with Crippen molar-refractivity contribution in [1.29, 1.82) is 0 Å². The lowest BCUT2D eigenvalue weighted by Gasteiger charge is -2.58. The third-order valence-corrected chi connectivity index (χ3v) is 8.41. The van der Waals surface area contributed by atoms with E-state index in [0.29, 0.717) is 12.2 Å². The second-order valence-corrected chi connectivity index (χ2v) is 10.2. The molecule has 2 saturated heterocycles. The number of esters is 3. The van der Waals surface area contributed by atoms with Gasteiger partial charge in [-0.05, 0) is 24.6 Å². The van der Waals surface area contributed by atoms with Crippen LogP contribution in [0.2, 0.25) is 0 Å². The van der Waals surface area contributed by atoms with Crippen molar-refractivity contribution in [2.75, 3.05) is 13.2 Å². The molecule has 8 atom stereocenters. The number of rotatable bonds is 5. The molecule has 2 bridgehead atoms. The molecule has 9 nitrogen and oxygen atoms in total. The predicted molar refractivity (Wildman–Crippen MR) is 120 cm³/mol. The highest BCUT2D eigenvalue weighted by Gasteiger charge is 2.86. The summed E-state index contributed by atoms with van der Waals surface area (Å²) in [6, 6.07) is 8.68. The number of hydrogen-bond acceptors (Lipinski definition) is 9. The lowest BCUT2D eigenvalue weighted by Crippen LogP contribution is -2.68. The number of carbonyl (C=O) groups is 3. The first kappa shape index (κ1) is 24.0. The SMILES string of the molecule is CC(=O)OC[C@]12C[C@H](OC(=O)c3ccccc3)C(C)=C[C@H]1O[C@@H]1[C@H](O)[C@@H](OC(C)=O)[C@@]2(C)[C@]12CO2. The number of aliphatic hydroxyl groups excluding tert-OH is 1. The minimum Gasteiger partial charge on any atom is -0.465 e. The predicted octanol–water partition coefficient (Wildman–Crippen LogP) is 1.96. The van der Waals surface area contributed by atoms with E-state index in [2.05, 4.69) is 0 Å². The number of benzene rings is 1. The van der Waals surface area contributed by atoms with Gasteiger partial charge in [-0.1, -0.05) is 31.2 Å². The summed E-state index contributed by atoms with van der Waals surface area (Å²) in [6.07, 6.45) is -1.98. The molecule has 1 saturated carbocycles. The fourth-order valence-corrected chi connectivity index (χ4v) is 6.49. The maximum atomic E-state index is 12.9. The smallest absolute Gasteiger partial charge is 0.338 e. The van der Waals surface area contributed by atoms with Crippen molar-refractivity contribution < 1.29 is 43.2 Å². The summed E-state index contributed by atoms with van der Waals surface area (Å²) in [5, 5.41) is 11.2. The summed E-state index contributed by atoms with van der Waals surface area (Å²) in [5.41, 5.74) is -1.73. The van der Waals surface area contributed by atoms with Crippen LogP contribution in [0.5, 0.6) is 0 Å². The van der Waals surface area contributed by atoms with Gasteiger partial charge in [0.1, 0.15) is 36.6 Å². The fourth-order valence-electron chi connectivity index (χ4n) is 6.49. The van der Waals surface area contributed by atoms with E-state index in [1.54, 1.807) is 24.3 Å². The van der Waals surface area contributed by atoms with E-state index < -0.39 is 64.9 Å². The standard InChI is InChI=1S/C26H30O9/c1-14-10-19-25(12-31-15(2)27,11-18(14)34-23(30)17-8-6-5-7-9-17)24(4)21(33-16(3)28)20(29)22(35-19)26(24)13-32-26/h5-10,18-22,29H,11-13H2,1-4H3/t18-,19+,20+,21+,22+,24+,25+,26-/m0/s1. The summed E-state index contributed by atoms with van der Waals surface area (Å²) in [6.45, 7) is 6.55. The Morgan fingerprint density at radius 2 is 1.80 bits per heavy atom. The Labute approximate surface area is 203 Å². The van der Waals surface area contributed by atoms with Crippen LogP contribution in [0.4, 0.5) is 0 Å². The summed E-state index contributed by atoms with van der Waals surface area (Å²) >= 11 is 0. The number of fused-ring (bicyclic) bond motifs is 2. The van der Waals surface area contributed by atoms with Crippen LogP contribution in [0.1, 0.15) is 44.5 Å². The van der Waals surface area contributed by atoms with Crippen LogP contribution in [0.3, 0.4) is 0 Å². The van der Waals surface area contributed by atoms with Crippen LogP contribution in [-0.2, 0) is 33.3 Å². The third-order valence-electron chi connectivity index (χ3n) is 8.41. The van der Waals surface area contributed by atoms with Gasteiger partial charge in [-0.25, -0.2) is 4.79 Å². The van der Waals surface area contributed by atoms with Crippen LogP contribution < -0.4 is 0 Å². The van der Waals surface area contributed by atoms with Crippen LogP contribution in [0.15, 0.2) is 42.0 Å². The van der Waals surface area contributed by atoms with Gasteiger partial charge in [0.15, 0.2) is 0 Å². The molecule has 35 heavy (non-hydrogen) atoms. The van der Waals surface area contributed by atoms with Crippen molar-refractivity contribution in [3.63, 3.8) is 0 Å². The van der Waals surface area contributed by atoms with Gasteiger partial charge >= 0.3 is 17.9 Å². The van der Waals surface area contributed by atoms with E-state index >= 15 is 0 Å². The topological polar surface area (TPSA) is 121 Å². The van der Waals surface area contributed by atoms with E-state index in [1.807, 2.05) is 26.0 Å². The quantitative estimate of drug-likeness (QED) is 0.288. The van der Waals surface area contributed by atoms with Gasteiger partial charge in [-0.15, -0.1) is 0 Å². The van der Waals surface area contributed by atoms with E-state index in [-0.39, 0.29) is 13.0 Å². The van der Waals surface area contributed by atoms with E-state index in [1.165, 1.54) is 13.8 Å². The highest BCUT2D eigenvalue weighted by Crippen LogP contribution is 2.72. The fraction of sp³-hybridized carbons (Fsp3) is 0.577. The lowest BCUT2D eigenvalue weighted by atomic mass is 9.51. The summed E-state index contributed by atoms with van der Waals surface area (Å²) in [5.74, 6) is -1.52. The van der Waals surface area contributed by atoms with Crippen molar-refractivity contribution in [1.82, 2.24) is 0 Å². The molecule has 2 aliphatic heterocycles. The molecule has 4 aliphatic rings. The number of carbonyl (C=O) groups excluding carboxylic acids is 3. The number of epoxide rings is 1. The summed E-state index contributed by atoms with van der Waals surface area (Å²) < 4.78 is 29.6. The van der Waals surface area contributed by atoms with Crippen molar-refractivity contribution in [3.8, 4) is 0 Å². The molecule has 1 N–H and O–H groups in total. The van der Waals surface area contributed by atoms with Gasteiger partial charge in [0.2, 0.25) is 0 Å². The first-order valence-electron chi connectivity index (χ1n) is 11.8. The highest BCUT2D eigenvalue weighted by molar-refractivity contribution is 5.89. The largest absolute Gasteiger partial charge is 0.465 e.